The Hall–Kier alpha value is -2.84. The average molecular weight is 335 g/mol. The number of aromatic nitrogens is 3. The standard InChI is InChI=1S/C15H18FN5O3/c1-9(13-10(16)4-3-5-11(13)24-2)17-14(22)20-6-7-21-12(8-20)18-19-15(21)23/h3-5,9H,6-8H2,1-2H3,(H,17,22)(H,19,23). The number of rotatable bonds is 3. The van der Waals surface area contributed by atoms with Crippen molar-refractivity contribution in [3.63, 3.8) is 0 Å². The fourth-order valence-corrected chi connectivity index (χ4v) is 2.81. The topological polar surface area (TPSA) is 92.2 Å². The summed E-state index contributed by atoms with van der Waals surface area (Å²) < 4.78 is 20.7. The summed E-state index contributed by atoms with van der Waals surface area (Å²) in [5.41, 5.74) is 0.0107. The Morgan fingerprint density at radius 2 is 2.25 bits per heavy atom. The third-order valence-corrected chi connectivity index (χ3v) is 4.06. The number of fused-ring (bicyclic) bond motifs is 1. The maximum atomic E-state index is 14.1. The van der Waals surface area contributed by atoms with E-state index in [0.717, 1.165) is 0 Å². The summed E-state index contributed by atoms with van der Waals surface area (Å²) in [5, 5.41) is 9.01. The van der Waals surface area contributed by atoms with Gasteiger partial charge in [-0.1, -0.05) is 6.07 Å². The van der Waals surface area contributed by atoms with Gasteiger partial charge in [-0.05, 0) is 19.1 Å². The van der Waals surface area contributed by atoms with Crippen LogP contribution in [-0.4, -0.2) is 39.4 Å². The lowest BCUT2D eigenvalue weighted by atomic mass is 10.1. The number of carbonyl (C=O) groups is 1. The molecule has 1 aromatic heterocycles. The van der Waals surface area contributed by atoms with Gasteiger partial charge in [0.1, 0.15) is 11.6 Å². The van der Waals surface area contributed by atoms with E-state index in [9.17, 15) is 14.0 Å². The molecule has 2 heterocycles. The van der Waals surface area contributed by atoms with Crippen molar-refractivity contribution < 1.29 is 13.9 Å². The first-order valence-corrected chi connectivity index (χ1v) is 7.53. The van der Waals surface area contributed by atoms with E-state index in [1.165, 1.54) is 22.6 Å². The summed E-state index contributed by atoms with van der Waals surface area (Å²) in [4.78, 5) is 25.4. The number of methoxy groups -OCH3 is 1. The number of hydrogen-bond acceptors (Lipinski definition) is 4. The van der Waals surface area contributed by atoms with Crippen LogP contribution in [0.1, 0.15) is 24.4 Å². The zero-order chi connectivity index (χ0) is 17.3. The van der Waals surface area contributed by atoms with Crippen molar-refractivity contribution in [3.05, 3.63) is 45.9 Å². The summed E-state index contributed by atoms with van der Waals surface area (Å²) in [6, 6.07) is 3.59. The molecule has 0 radical (unpaired) electrons. The lowest BCUT2D eigenvalue weighted by molar-refractivity contribution is 0.178. The van der Waals surface area contributed by atoms with Crippen LogP contribution in [0, 0.1) is 5.82 Å². The van der Waals surface area contributed by atoms with Crippen molar-refractivity contribution in [2.24, 2.45) is 0 Å². The molecule has 128 valence electrons. The molecule has 1 aromatic carbocycles. The van der Waals surface area contributed by atoms with E-state index >= 15 is 0 Å². The summed E-state index contributed by atoms with van der Waals surface area (Å²) in [6.07, 6.45) is 0. The molecule has 0 saturated carbocycles. The van der Waals surface area contributed by atoms with Crippen LogP contribution >= 0.6 is 0 Å². The second kappa shape index (κ2) is 6.34. The van der Waals surface area contributed by atoms with Gasteiger partial charge in [-0.15, -0.1) is 0 Å². The van der Waals surface area contributed by atoms with Gasteiger partial charge >= 0.3 is 11.7 Å². The summed E-state index contributed by atoms with van der Waals surface area (Å²) in [7, 11) is 1.45. The number of halogens is 1. The highest BCUT2D eigenvalue weighted by atomic mass is 19.1. The molecule has 9 heteroatoms. The molecule has 0 fully saturated rings. The van der Waals surface area contributed by atoms with Crippen molar-refractivity contribution in [1.82, 2.24) is 25.0 Å². The fraction of sp³-hybridized carbons (Fsp3) is 0.400. The SMILES string of the molecule is COc1cccc(F)c1C(C)NC(=O)N1CCn2c(n[nH]c2=O)C1. The highest BCUT2D eigenvalue weighted by Gasteiger charge is 2.26. The number of urea groups is 1. The van der Waals surface area contributed by atoms with Crippen molar-refractivity contribution in [2.75, 3.05) is 13.7 Å². The number of aromatic amines is 1. The monoisotopic (exact) mass is 335 g/mol. The van der Waals surface area contributed by atoms with E-state index in [-0.39, 0.29) is 18.3 Å². The lowest BCUT2D eigenvalue weighted by Gasteiger charge is -2.28. The Bertz CT molecular complexity index is 816. The molecule has 2 amide bonds. The van der Waals surface area contributed by atoms with Gasteiger partial charge < -0.3 is 15.0 Å². The number of amides is 2. The number of benzene rings is 1. The second-order valence-electron chi connectivity index (χ2n) is 5.55. The Morgan fingerprint density at radius 1 is 1.46 bits per heavy atom. The molecular weight excluding hydrogens is 317 g/mol. The predicted octanol–water partition coefficient (Wildman–Crippen LogP) is 1.01. The minimum atomic E-state index is -0.572. The van der Waals surface area contributed by atoms with Gasteiger partial charge in [-0.25, -0.2) is 19.1 Å². The predicted molar refractivity (Wildman–Crippen MR) is 83.2 cm³/mol. The Morgan fingerprint density at radius 3 is 3.00 bits per heavy atom. The molecule has 3 rings (SSSR count). The van der Waals surface area contributed by atoms with Crippen LogP contribution < -0.4 is 15.7 Å². The first-order valence-electron chi connectivity index (χ1n) is 7.53. The van der Waals surface area contributed by atoms with Crippen molar-refractivity contribution in [3.8, 4) is 5.75 Å². The maximum absolute atomic E-state index is 14.1. The molecule has 24 heavy (non-hydrogen) atoms. The third-order valence-electron chi connectivity index (χ3n) is 4.06. The van der Waals surface area contributed by atoms with Crippen molar-refractivity contribution >= 4 is 6.03 Å². The van der Waals surface area contributed by atoms with Gasteiger partial charge in [0, 0.05) is 13.1 Å². The molecule has 2 aromatic rings. The quantitative estimate of drug-likeness (QED) is 0.875. The van der Waals surface area contributed by atoms with Crippen LogP contribution in [-0.2, 0) is 13.1 Å². The molecule has 0 bridgehead atoms. The molecule has 1 unspecified atom stereocenters. The molecular formula is C15H18FN5O3. The highest BCUT2D eigenvalue weighted by molar-refractivity contribution is 5.75. The number of nitrogens with one attached hydrogen (secondary N) is 2. The zero-order valence-electron chi connectivity index (χ0n) is 13.4. The normalized spacial score (nSPS) is 14.9. The number of nitrogens with zero attached hydrogens (tertiary/aromatic N) is 3. The first-order chi connectivity index (χ1) is 11.5. The molecule has 0 saturated heterocycles. The number of ether oxygens (including phenoxy) is 1. The van der Waals surface area contributed by atoms with Gasteiger partial charge in [-0.3, -0.25) is 4.57 Å². The Kier molecular flexibility index (Phi) is 4.24. The lowest BCUT2D eigenvalue weighted by Crippen LogP contribution is -2.46. The number of hydrogen-bond donors (Lipinski definition) is 2. The second-order valence-corrected chi connectivity index (χ2v) is 5.55. The smallest absolute Gasteiger partial charge is 0.343 e. The van der Waals surface area contributed by atoms with Gasteiger partial charge in [-0.2, -0.15) is 5.10 Å². The highest BCUT2D eigenvalue weighted by Crippen LogP contribution is 2.27. The summed E-state index contributed by atoms with van der Waals surface area (Å²) in [6.45, 7) is 2.65. The van der Waals surface area contributed by atoms with E-state index in [4.69, 9.17) is 4.74 Å². The molecule has 1 aliphatic rings. The van der Waals surface area contributed by atoms with Crippen LogP contribution in [0.15, 0.2) is 23.0 Å². The molecule has 0 spiro atoms. The van der Waals surface area contributed by atoms with E-state index in [1.807, 2.05) is 0 Å². The van der Waals surface area contributed by atoms with Crippen molar-refractivity contribution in [2.45, 2.75) is 26.1 Å². The van der Waals surface area contributed by atoms with Crippen LogP contribution in [0.5, 0.6) is 5.75 Å². The summed E-state index contributed by atoms with van der Waals surface area (Å²) >= 11 is 0. The minimum Gasteiger partial charge on any atom is -0.496 e. The fourth-order valence-electron chi connectivity index (χ4n) is 2.81. The molecule has 1 atom stereocenters. The van der Waals surface area contributed by atoms with Crippen LogP contribution in [0.4, 0.5) is 9.18 Å². The van der Waals surface area contributed by atoms with Gasteiger partial charge in [0.25, 0.3) is 0 Å². The Labute approximate surface area is 137 Å². The number of carbonyl (C=O) groups excluding carboxylic acids is 1. The van der Waals surface area contributed by atoms with E-state index in [1.54, 1.807) is 19.1 Å². The van der Waals surface area contributed by atoms with Crippen LogP contribution in [0.25, 0.3) is 0 Å². The van der Waals surface area contributed by atoms with Gasteiger partial charge in [0.05, 0.1) is 25.3 Å². The van der Waals surface area contributed by atoms with E-state index < -0.39 is 11.9 Å². The molecule has 0 aliphatic carbocycles. The maximum Gasteiger partial charge on any atom is 0.343 e. The molecule has 1 aliphatic heterocycles. The van der Waals surface area contributed by atoms with Gasteiger partial charge in [0.2, 0.25) is 0 Å². The minimum absolute atomic E-state index is 0.214. The van der Waals surface area contributed by atoms with E-state index in [2.05, 4.69) is 15.5 Å². The van der Waals surface area contributed by atoms with Crippen LogP contribution in [0.2, 0.25) is 0 Å². The molecule has 2 N–H and O–H groups in total. The van der Waals surface area contributed by atoms with E-state index in [0.29, 0.717) is 30.2 Å². The largest absolute Gasteiger partial charge is 0.496 e. The first kappa shape index (κ1) is 16.0. The van der Waals surface area contributed by atoms with Gasteiger partial charge in [0.15, 0.2) is 5.82 Å². The Balaban J connectivity index is 1.73. The number of H-pyrrole nitrogens is 1. The average Bonchev–Trinajstić information content (AvgIpc) is 2.95. The zero-order valence-corrected chi connectivity index (χ0v) is 13.4. The third kappa shape index (κ3) is 2.84. The summed E-state index contributed by atoms with van der Waals surface area (Å²) in [5.74, 6) is 0.432. The molecule has 8 nitrogen and oxygen atoms in total. The van der Waals surface area contributed by atoms with Crippen molar-refractivity contribution in [1.29, 1.82) is 0 Å². The van der Waals surface area contributed by atoms with Crippen LogP contribution in [0.3, 0.4) is 0 Å².